The molecule has 238 valence electrons. The molecule has 0 aromatic heterocycles. The van der Waals surface area contributed by atoms with E-state index in [0.29, 0.717) is 11.5 Å². The first kappa shape index (κ1) is 34.7. The lowest BCUT2D eigenvalue weighted by atomic mass is 10.1. The van der Waals surface area contributed by atoms with Crippen molar-refractivity contribution in [3.8, 4) is 23.0 Å². The quantitative estimate of drug-likeness (QED) is 0.118. The number of methoxy groups -OCH3 is 2. The summed E-state index contributed by atoms with van der Waals surface area (Å²) in [5, 5.41) is 0. The maximum atomic E-state index is 12.9. The summed E-state index contributed by atoms with van der Waals surface area (Å²) >= 11 is 0. The molecule has 0 aliphatic carbocycles. The van der Waals surface area contributed by atoms with E-state index in [1.807, 2.05) is 67.6 Å². The Morgan fingerprint density at radius 3 is 2.04 bits per heavy atom. The molecule has 3 rings (SSSR count). The van der Waals surface area contributed by atoms with Crippen molar-refractivity contribution < 1.29 is 33.3 Å². The van der Waals surface area contributed by atoms with Crippen molar-refractivity contribution in [2.24, 2.45) is 0 Å². The maximum Gasteiger partial charge on any atom is 0.342 e. The highest BCUT2D eigenvalue weighted by Gasteiger charge is 2.27. The van der Waals surface area contributed by atoms with Crippen LogP contribution in [-0.2, 0) is 16.1 Å². The van der Waals surface area contributed by atoms with Gasteiger partial charge in [-0.15, -0.1) is 0 Å². The fourth-order valence-electron chi connectivity index (χ4n) is 4.50. The van der Waals surface area contributed by atoms with Crippen molar-refractivity contribution in [1.29, 1.82) is 0 Å². The van der Waals surface area contributed by atoms with Gasteiger partial charge in [-0.3, -0.25) is 0 Å². The van der Waals surface area contributed by atoms with Gasteiger partial charge < -0.3 is 23.7 Å². The van der Waals surface area contributed by atoms with Crippen molar-refractivity contribution in [2.75, 3.05) is 20.8 Å². The summed E-state index contributed by atoms with van der Waals surface area (Å²) in [6, 6.07) is 20.1. The van der Waals surface area contributed by atoms with E-state index in [4.69, 9.17) is 23.7 Å². The first-order valence-corrected chi connectivity index (χ1v) is 15.1. The molecule has 0 saturated heterocycles. The molecule has 0 unspecified atom stereocenters. The van der Waals surface area contributed by atoms with E-state index >= 15 is 0 Å². The van der Waals surface area contributed by atoms with Crippen LogP contribution in [-0.4, -0.2) is 32.8 Å². The van der Waals surface area contributed by atoms with Crippen LogP contribution in [0.2, 0.25) is 0 Å². The zero-order valence-corrected chi connectivity index (χ0v) is 27.2. The first-order chi connectivity index (χ1) is 21.7. The summed E-state index contributed by atoms with van der Waals surface area (Å²) in [5.41, 5.74) is 4.67. The van der Waals surface area contributed by atoms with Crippen LogP contribution in [0.5, 0.6) is 23.0 Å². The van der Waals surface area contributed by atoms with Crippen molar-refractivity contribution in [1.82, 2.24) is 0 Å². The molecule has 0 heterocycles. The van der Waals surface area contributed by atoms with Crippen LogP contribution in [0.25, 0.3) is 0 Å². The highest BCUT2D eigenvalue weighted by Crippen LogP contribution is 2.36. The third-order valence-electron chi connectivity index (χ3n) is 6.97. The monoisotopic (exact) mass is 612 g/mol. The van der Waals surface area contributed by atoms with E-state index in [1.165, 1.54) is 31.4 Å². The van der Waals surface area contributed by atoms with Crippen LogP contribution in [0.15, 0.2) is 102 Å². The van der Waals surface area contributed by atoms with Crippen LogP contribution < -0.4 is 14.2 Å². The molecule has 3 aromatic carbocycles. The number of carbonyl (C=O) groups excluding carboxylic acids is 2. The van der Waals surface area contributed by atoms with Gasteiger partial charge in [0, 0.05) is 0 Å². The Kier molecular flexibility index (Phi) is 14.0. The third-order valence-corrected chi connectivity index (χ3v) is 6.97. The number of esters is 2. The summed E-state index contributed by atoms with van der Waals surface area (Å²) in [5.74, 6) is 0.369. The second-order valence-electron chi connectivity index (χ2n) is 10.9. The van der Waals surface area contributed by atoms with E-state index in [0.717, 1.165) is 42.6 Å². The number of benzene rings is 3. The molecule has 3 aromatic rings. The summed E-state index contributed by atoms with van der Waals surface area (Å²) in [4.78, 5) is 25.5. The van der Waals surface area contributed by atoms with Crippen molar-refractivity contribution in [3.63, 3.8) is 0 Å². The van der Waals surface area contributed by atoms with E-state index in [1.54, 1.807) is 6.07 Å². The van der Waals surface area contributed by atoms with Gasteiger partial charge in [-0.05, 0) is 101 Å². The van der Waals surface area contributed by atoms with E-state index in [2.05, 4.69) is 32.9 Å². The van der Waals surface area contributed by atoms with E-state index in [-0.39, 0.29) is 30.1 Å². The number of hydrogen-bond donors (Lipinski definition) is 0. The van der Waals surface area contributed by atoms with Gasteiger partial charge in [-0.2, -0.15) is 0 Å². The Hall–Kier alpha value is -4.78. The second kappa shape index (κ2) is 18.1. The lowest BCUT2D eigenvalue weighted by Crippen LogP contribution is -2.15. The summed E-state index contributed by atoms with van der Waals surface area (Å²) in [6.07, 6.45) is 10.4. The molecule has 0 spiro atoms. The fourth-order valence-corrected chi connectivity index (χ4v) is 4.50. The van der Waals surface area contributed by atoms with Crippen LogP contribution >= 0.6 is 0 Å². The predicted molar refractivity (Wildman–Crippen MR) is 177 cm³/mol. The molecule has 0 amide bonds. The summed E-state index contributed by atoms with van der Waals surface area (Å²) in [6.45, 7) is 8.77. The average Bonchev–Trinajstić information content (AvgIpc) is 3.03. The third kappa shape index (κ3) is 11.3. The van der Waals surface area contributed by atoms with Gasteiger partial charge in [0.1, 0.15) is 30.3 Å². The molecule has 45 heavy (non-hydrogen) atoms. The second-order valence-corrected chi connectivity index (χ2v) is 10.9. The van der Waals surface area contributed by atoms with Gasteiger partial charge in [0.15, 0.2) is 11.5 Å². The zero-order valence-electron chi connectivity index (χ0n) is 27.2. The smallest absolute Gasteiger partial charge is 0.342 e. The molecule has 0 bridgehead atoms. The molecule has 0 aliphatic rings. The number of rotatable bonds is 16. The van der Waals surface area contributed by atoms with Gasteiger partial charge in [0.25, 0.3) is 0 Å². The SMILES string of the molecule is COC(=O)c1ccc(OCc2cccc(Oc3ccccc3)c2)c(OCC=C(C)CCC=C(C)CCC=C(C)C)c1C(=O)OC. The summed E-state index contributed by atoms with van der Waals surface area (Å²) in [7, 11) is 2.50. The summed E-state index contributed by atoms with van der Waals surface area (Å²) < 4.78 is 28.2. The molecule has 0 atom stereocenters. The van der Waals surface area contributed by atoms with Crippen LogP contribution in [0, 0.1) is 0 Å². The topological polar surface area (TPSA) is 80.3 Å². The Morgan fingerprint density at radius 2 is 1.36 bits per heavy atom. The molecular formula is C38H44O7. The minimum Gasteiger partial charge on any atom is -0.485 e. The van der Waals surface area contributed by atoms with Gasteiger partial charge in [-0.1, -0.05) is 59.2 Å². The Balaban J connectivity index is 1.78. The Labute approximate surface area is 267 Å². The number of allylic oxidation sites excluding steroid dienone is 5. The van der Waals surface area contributed by atoms with Crippen LogP contribution in [0.3, 0.4) is 0 Å². The highest BCUT2D eigenvalue weighted by atomic mass is 16.5. The lowest BCUT2D eigenvalue weighted by molar-refractivity contribution is 0.0550. The molecule has 0 saturated carbocycles. The molecule has 0 fully saturated rings. The number of hydrogen-bond acceptors (Lipinski definition) is 7. The molecule has 0 N–H and O–H groups in total. The average molecular weight is 613 g/mol. The van der Waals surface area contributed by atoms with Gasteiger partial charge in [0.2, 0.25) is 0 Å². The number of ether oxygens (including phenoxy) is 5. The van der Waals surface area contributed by atoms with Gasteiger partial charge in [-0.25, -0.2) is 9.59 Å². The minimum absolute atomic E-state index is 0.0272. The molecular weight excluding hydrogens is 568 g/mol. The standard InChI is InChI=1S/C38H44O7/c1-27(2)13-10-14-28(3)15-11-16-29(4)23-24-43-36-34(22-21-33(37(39)41-5)35(36)38(40)42-6)44-26-30-17-12-20-32(25-30)45-31-18-8-7-9-19-31/h7-9,12-13,15,17-23,25H,10-11,14,16,24,26H2,1-6H3. The normalized spacial score (nSPS) is 11.4. The van der Waals surface area contributed by atoms with E-state index < -0.39 is 11.9 Å². The van der Waals surface area contributed by atoms with Gasteiger partial charge in [0.05, 0.1) is 19.8 Å². The molecule has 7 nitrogen and oxygen atoms in total. The maximum absolute atomic E-state index is 12.9. The fraction of sp³-hybridized carbons (Fsp3) is 0.316. The van der Waals surface area contributed by atoms with E-state index in [9.17, 15) is 9.59 Å². The Morgan fingerprint density at radius 1 is 0.689 bits per heavy atom. The minimum atomic E-state index is -0.733. The largest absolute Gasteiger partial charge is 0.485 e. The molecule has 0 radical (unpaired) electrons. The van der Waals surface area contributed by atoms with Gasteiger partial charge >= 0.3 is 11.9 Å². The van der Waals surface area contributed by atoms with Crippen molar-refractivity contribution >= 4 is 11.9 Å². The number of para-hydroxylation sites is 1. The van der Waals surface area contributed by atoms with Crippen molar-refractivity contribution in [2.45, 2.75) is 60.0 Å². The first-order valence-electron chi connectivity index (χ1n) is 15.1. The Bertz CT molecular complexity index is 1510. The lowest BCUT2D eigenvalue weighted by Gasteiger charge is -2.17. The number of carbonyl (C=O) groups is 2. The molecule has 0 aliphatic heterocycles. The molecule has 7 heteroatoms. The predicted octanol–water partition coefficient (Wildman–Crippen LogP) is 9.43. The zero-order chi connectivity index (χ0) is 32.6. The van der Waals surface area contributed by atoms with Crippen LogP contribution in [0.1, 0.15) is 79.7 Å². The van der Waals surface area contributed by atoms with Crippen LogP contribution in [0.4, 0.5) is 0 Å². The van der Waals surface area contributed by atoms with Crippen molar-refractivity contribution in [3.05, 3.63) is 118 Å². The highest BCUT2D eigenvalue weighted by molar-refractivity contribution is 6.05.